The van der Waals surface area contributed by atoms with Crippen LogP contribution in [0.4, 0.5) is 23.7 Å². The minimum atomic E-state index is -4.50. The predicted octanol–water partition coefficient (Wildman–Crippen LogP) is 3.64. The van der Waals surface area contributed by atoms with Crippen LogP contribution in [0, 0.1) is 6.92 Å². The summed E-state index contributed by atoms with van der Waals surface area (Å²) in [5.41, 5.74) is -2.30. The molecule has 1 aromatic heterocycles. The third-order valence-corrected chi connectivity index (χ3v) is 3.53. The Hall–Kier alpha value is -2.48. The first-order valence-electron chi connectivity index (χ1n) is 7.09. The number of carbonyl (C=O) groups excluding carboxylic acids is 1. The Labute approximate surface area is 136 Å². The topological polar surface area (TPSA) is 74.5 Å². The van der Waals surface area contributed by atoms with Crippen molar-refractivity contribution < 1.29 is 27.5 Å². The molecule has 130 valence electrons. The third kappa shape index (κ3) is 4.08. The highest BCUT2D eigenvalue weighted by Gasteiger charge is 2.33. The molecular weight excluding hydrogens is 325 g/mol. The molecule has 2 amide bonds. The van der Waals surface area contributed by atoms with Gasteiger partial charge in [0, 0.05) is 5.69 Å². The van der Waals surface area contributed by atoms with Gasteiger partial charge in [0.15, 0.2) is 0 Å². The summed E-state index contributed by atoms with van der Waals surface area (Å²) in [6.07, 6.45) is -3.11. The quantitative estimate of drug-likeness (QED) is 0.794. The summed E-state index contributed by atoms with van der Waals surface area (Å²) in [5, 5.41) is 15.0. The van der Waals surface area contributed by atoms with Gasteiger partial charge in [-0.05, 0) is 43.7 Å². The lowest BCUT2D eigenvalue weighted by Gasteiger charge is -2.21. The largest absolute Gasteiger partial charge is 0.466 e. The van der Waals surface area contributed by atoms with Crippen LogP contribution < -0.4 is 10.6 Å². The Kier molecular flexibility index (Phi) is 4.88. The summed E-state index contributed by atoms with van der Waals surface area (Å²) in [7, 11) is 0. The van der Waals surface area contributed by atoms with Crippen molar-refractivity contribution in [2.24, 2.45) is 0 Å². The Morgan fingerprint density at radius 2 is 1.96 bits per heavy atom. The summed E-state index contributed by atoms with van der Waals surface area (Å²) >= 11 is 0. The second kappa shape index (κ2) is 6.56. The summed E-state index contributed by atoms with van der Waals surface area (Å²) < 4.78 is 43.6. The van der Waals surface area contributed by atoms with Gasteiger partial charge in [0.05, 0.1) is 18.4 Å². The summed E-state index contributed by atoms with van der Waals surface area (Å²) in [4.78, 5) is 11.9. The van der Waals surface area contributed by atoms with Crippen LogP contribution in [0.3, 0.4) is 0 Å². The van der Waals surface area contributed by atoms with Gasteiger partial charge in [0.1, 0.15) is 11.4 Å². The molecule has 0 radical (unpaired) electrons. The van der Waals surface area contributed by atoms with Crippen LogP contribution in [0.25, 0.3) is 0 Å². The maximum Gasteiger partial charge on any atom is 0.416 e. The molecule has 1 unspecified atom stereocenters. The fourth-order valence-electron chi connectivity index (χ4n) is 2.17. The maximum atomic E-state index is 12.9. The third-order valence-electron chi connectivity index (χ3n) is 3.53. The van der Waals surface area contributed by atoms with Gasteiger partial charge in [0.25, 0.3) is 0 Å². The second-order valence-electron chi connectivity index (χ2n) is 5.53. The number of carbonyl (C=O) groups is 1. The van der Waals surface area contributed by atoms with Crippen LogP contribution in [-0.2, 0) is 11.8 Å². The lowest BCUT2D eigenvalue weighted by molar-refractivity contribution is -0.138. The lowest BCUT2D eigenvalue weighted by atomic mass is 10.0. The van der Waals surface area contributed by atoms with E-state index in [2.05, 4.69) is 10.6 Å². The highest BCUT2D eigenvalue weighted by atomic mass is 19.4. The van der Waals surface area contributed by atoms with E-state index in [1.54, 1.807) is 12.1 Å². The van der Waals surface area contributed by atoms with Crippen LogP contribution in [-0.4, -0.2) is 17.7 Å². The molecule has 3 N–H and O–H groups in total. The number of nitrogens with one attached hydrogen (secondary N) is 2. The maximum absolute atomic E-state index is 12.9. The van der Waals surface area contributed by atoms with E-state index >= 15 is 0 Å². The van der Waals surface area contributed by atoms with Gasteiger partial charge in [0.2, 0.25) is 0 Å². The number of hydrogen-bond acceptors (Lipinski definition) is 3. The number of benzene rings is 1. The van der Waals surface area contributed by atoms with Gasteiger partial charge < -0.3 is 20.2 Å². The van der Waals surface area contributed by atoms with E-state index in [9.17, 15) is 23.1 Å². The number of amides is 2. The average molecular weight is 342 g/mol. The molecule has 5 nitrogen and oxygen atoms in total. The molecule has 8 heteroatoms. The zero-order valence-corrected chi connectivity index (χ0v) is 13.1. The molecule has 0 aliphatic rings. The van der Waals surface area contributed by atoms with Gasteiger partial charge in [-0.25, -0.2) is 4.79 Å². The minimum Gasteiger partial charge on any atom is -0.466 e. The molecule has 1 aromatic carbocycles. The molecule has 0 fully saturated rings. The summed E-state index contributed by atoms with van der Waals surface area (Å²) in [5.74, 6) is 0.262. The van der Waals surface area contributed by atoms with E-state index in [4.69, 9.17) is 4.42 Å². The number of alkyl halides is 3. The number of aliphatic hydroxyl groups is 1. The van der Waals surface area contributed by atoms with Crippen LogP contribution >= 0.6 is 0 Å². The van der Waals surface area contributed by atoms with Crippen molar-refractivity contribution in [3.63, 3.8) is 0 Å². The van der Waals surface area contributed by atoms with Crippen molar-refractivity contribution in [2.45, 2.75) is 25.6 Å². The predicted molar refractivity (Wildman–Crippen MR) is 81.5 cm³/mol. The van der Waals surface area contributed by atoms with Crippen molar-refractivity contribution in [1.82, 2.24) is 5.32 Å². The van der Waals surface area contributed by atoms with Crippen LogP contribution in [0.1, 0.15) is 23.8 Å². The van der Waals surface area contributed by atoms with Crippen LogP contribution in [0.15, 0.2) is 41.0 Å². The minimum absolute atomic E-state index is 0.0416. The van der Waals surface area contributed by atoms with E-state index in [1.807, 2.05) is 0 Å². The van der Waals surface area contributed by atoms with Gasteiger partial charge in [-0.1, -0.05) is 6.07 Å². The molecule has 0 saturated carbocycles. The van der Waals surface area contributed by atoms with E-state index in [0.717, 1.165) is 6.07 Å². The lowest BCUT2D eigenvalue weighted by Crippen LogP contribution is -2.40. The van der Waals surface area contributed by atoms with Crippen molar-refractivity contribution >= 4 is 11.7 Å². The molecule has 0 bridgehead atoms. The smallest absolute Gasteiger partial charge is 0.416 e. The number of rotatable bonds is 4. The average Bonchev–Trinajstić information content (AvgIpc) is 3.01. The molecule has 0 aliphatic heterocycles. The number of halogens is 3. The monoisotopic (exact) mass is 342 g/mol. The summed E-state index contributed by atoms with van der Waals surface area (Å²) in [6, 6.07) is 5.94. The SMILES string of the molecule is Cc1c(NC(=O)NCC(C)(O)c2ccco2)cccc1C(F)(F)F. The van der Waals surface area contributed by atoms with E-state index in [0.29, 0.717) is 0 Å². The molecule has 0 aliphatic carbocycles. The van der Waals surface area contributed by atoms with Crippen molar-refractivity contribution in [3.05, 3.63) is 53.5 Å². The van der Waals surface area contributed by atoms with Crippen molar-refractivity contribution in [1.29, 1.82) is 0 Å². The van der Waals surface area contributed by atoms with E-state index < -0.39 is 23.4 Å². The second-order valence-corrected chi connectivity index (χ2v) is 5.53. The molecule has 1 heterocycles. The highest BCUT2D eigenvalue weighted by molar-refractivity contribution is 5.90. The molecule has 0 saturated heterocycles. The van der Waals surface area contributed by atoms with Gasteiger partial charge >= 0.3 is 12.2 Å². The first kappa shape index (κ1) is 17.9. The normalized spacial score (nSPS) is 14.1. The highest BCUT2D eigenvalue weighted by Crippen LogP contribution is 2.34. The number of urea groups is 1. The zero-order valence-electron chi connectivity index (χ0n) is 13.1. The van der Waals surface area contributed by atoms with Gasteiger partial charge in [-0.15, -0.1) is 0 Å². The Balaban J connectivity index is 2.03. The zero-order chi connectivity index (χ0) is 18.0. The molecule has 2 aromatic rings. The first-order valence-corrected chi connectivity index (χ1v) is 7.09. The standard InChI is InChI=1S/C16H17F3N2O3/c1-10-11(16(17,18)19)5-3-6-12(10)21-14(22)20-9-15(2,23)13-7-4-8-24-13/h3-8,23H,9H2,1-2H3,(H2,20,21,22). The van der Waals surface area contributed by atoms with Crippen molar-refractivity contribution in [2.75, 3.05) is 11.9 Å². The molecule has 2 rings (SSSR count). The Morgan fingerprint density at radius 1 is 1.25 bits per heavy atom. The molecule has 1 atom stereocenters. The molecule has 24 heavy (non-hydrogen) atoms. The number of anilines is 1. The van der Waals surface area contributed by atoms with E-state index in [-0.39, 0.29) is 23.6 Å². The molecular formula is C16H17F3N2O3. The van der Waals surface area contributed by atoms with Gasteiger partial charge in [-0.3, -0.25) is 0 Å². The van der Waals surface area contributed by atoms with Crippen molar-refractivity contribution in [3.8, 4) is 0 Å². The molecule has 0 spiro atoms. The fourth-order valence-corrected chi connectivity index (χ4v) is 2.17. The van der Waals surface area contributed by atoms with Gasteiger partial charge in [-0.2, -0.15) is 13.2 Å². The first-order chi connectivity index (χ1) is 11.1. The summed E-state index contributed by atoms with van der Waals surface area (Å²) in [6.45, 7) is 2.55. The van der Waals surface area contributed by atoms with E-state index in [1.165, 1.54) is 32.2 Å². The van der Waals surface area contributed by atoms with Crippen LogP contribution in [0.2, 0.25) is 0 Å². The Bertz CT molecular complexity index is 710. The Morgan fingerprint density at radius 3 is 2.54 bits per heavy atom. The van der Waals surface area contributed by atoms with Crippen LogP contribution in [0.5, 0.6) is 0 Å². The number of hydrogen-bond donors (Lipinski definition) is 3. The number of furan rings is 1. The fraction of sp³-hybridized carbons (Fsp3) is 0.312.